The van der Waals surface area contributed by atoms with Gasteiger partial charge in [-0.3, -0.25) is 4.79 Å². The largest absolute Gasteiger partial charge is 0.453 e. The van der Waals surface area contributed by atoms with Crippen molar-refractivity contribution in [2.24, 2.45) is 23.2 Å². The van der Waals surface area contributed by atoms with Gasteiger partial charge in [0.25, 0.3) is 0 Å². The van der Waals surface area contributed by atoms with E-state index in [1.165, 1.54) is 19.3 Å². The number of rotatable bonds is 5. The van der Waals surface area contributed by atoms with Crippen LogP contribution in [0.5, 0.6) is 0 Å². The summed E-state index contributed by atoms with van der Waals surface area (Å²) in [5, 5.41) is 4.60. The van der Waals surface area contributed by atoms with Crippen LogP contribution in [0.4, 0.5) is 0 Å². The summed E-state index contributed by atoms with van der Waals surface area (Å²) in [5.74, 6) is 1.91. The summed E-state index contributed by atoms with van der Waals surface area (Å²) in [7, 11) is 0. The Balaban J connectivity index is 1.31. The SMILES string of the molecule is Cc1cc(C)n(-c2ccc(Cl)c(C(=O)OCC(=O)C34CC5CC(CC(C5)C3)C4)n2)n1. The molecule has 2 aromatic heterocycles. The van der Waals surface area contributed by atoms with Crippen LogP contribution in [0.25, 0.3) is 5.82 Å². The molecule has 0 aromatic carbocycles. The number of ether oxygens (including phenoxy) is 1. The molecule has 0 aliphatic heterocycles. The minimum Gasteiger partial charge on any atom is -0.453 e. The molecule has 0 atom stereocenters. The van der Waals surface area contributed by atoms with Crippen LogP contribution in [-0.4, -0.2) is 33.1 Å². The molecule has 0 radical (unpaired) electrons. The van der Waals surface area contributed by atoms with E-state index >= 15 is 0 Å². The van der Waals surface area contributed by atoms with Crippen LogP contribution in [0.1, 0.15) is 60.4 Å². The molecular weight excluding hydrogens is 402 g/mol. The second-order valence-corrected chi connectivity index (χ2v) is 9.94. The first-order valence-corrected chi connectivity index (χ1v) is 11.1. The molecule has 2 heterocycles. The Morgan fingerprint density at radius 2 is 1.77 bits per heavy atom. The first kappa shape index (κ1) is 19.7. The quantitative estimate of drug-likeness (QED) is 0.657. The fraction of sp³-hybridized carbons (Fsp3) is 0.565. The van der Waals surface area contributed by atoms with E-state index in [9.17, 15) is 9.59 Å². The highest BCUT2D eigenvalue weighted by molar-refractivity contribution is 6.33. The Morgan fingerprint density at radius 1 is 1.13 bits per heavy atom. The topological polar surface area (TPSA) is 74.1 Å². The van der Waals surface area contributed by atoms with Crippen molar-refractivity contribution in [2.75, 3.05) is 6.61 Å². The number of esters is 1. The number of hydrogen-bond donors (Lipinski definition) is 0. The highest BCUT2D eigenvalue weighted by atomic mass is 35.5. The lowest BCUT2D eigenvalue weighted by Gasteiger charge is -2.55. The van der Waals surface area contributed by atoms with Crippen LogP contribution in [0.15, 0.2) is 18.2 Å². The number of Topliss-reactive ketones (excluding diaryl/α,β-unsaturated/α-hetero) is 1. The zero-order valence-corrected chi connectivity index (χ0v) is 18.1. The number of ketones is 1. The molecule has 0 spiro atoms. The average molecular weight is 428 g/mol. The second-order valence-electron chi connectivity index (χ2n) is 9.54. The Morgan fingerprint density at radius 3 is 2.33 bits per heavy atom. The summed E-state index contributed by atoms with van der Waals surface area (Å²) < 4.78 is 7.08. The molecule has 0 saturated heterocycles. The third-order valence-corrected chi connectivity index (χ3v) is 7.52. The zero-order chi connectivity index (χ0) is 21.0. The van der Waals surface area contributed by atoms with Crippen molar-refractivity contribution in [2.45, 2.75) is 52.4 Å². The van der Waals surface area contributed by atoms with Gasteiger partial charge in [-0.05, 0) is 88.3 Å². The van der Waals surface area contributed by atoms with Crippen LogP contribution < -0.4 is 0 Å². The van der Waals surface area contributed by atoms with Gasteiger partial charge in [0, 0.05) is 11.1 Å². The van der Waals surface area contributed by atoms with Gasteiger partial charge < -0.3 is 4.74 Å². The molecule has 2 aromatic rings. The number of pyridine rings is 1. The smallest absolute Gasteiger partial charge is 0.359 e. The highest BCUT2D eigenvalue weighted by Crippen LogP contribution is 2.60. The predicted octanol–water partition coefficient (Wildman–Crippen LogP) is 4.48. The van der Waals surface area contributed by atoms with E-state index in [1.807, 2.05) is 19.9 Å². The minimum absolute atomic E-state index is 0.0139. The van der Waals surface area contributed by atoms with Gasteiger partial charge in [-0.25, -0.2) is 14.5 Å². The first-order chi connectivity index (χ1) is 14.3. The van der Waals surface area contributed by atoms with Crippen molar-refractivity contribution in [3.05, 3.63) is 40.3 Å². The number of halogens is 1. The number of hydrogen-bond acceptors (Lipinski definition) is 5. The van der Waals surface area contributed by atoms with E-state index in [1.54, 1.807) is 16.8 Å². The van der Waals surface area contributed by atoms with Gasteiger partial charge in [0.2, 0.25) is 0 Å². The van der Waals surface area contributed by atoms with Gasteiger partial charge in [-0.15, -0.1) is 0 Å². The maximum absolute atomic E-state index is 13.1. The fourth-order valence-corrected chi connectivity index (χ4v) is 6.54. The van der Waals surface area contributed by atoms with Gasteiger partial charge in [0.1, 0.15) is 0 Å². The van der Waals surface area contributed by atoms with Crippen molar-refractivity contribution < 1.29 is 14.3 Å². The van der Waals surface area contributed by atoms with Gasteiger partial charge in [0.15, 0.2) is 23.9 Å². The standard InChI is InChI=1S/C23H26ClN3O3/c1-13-5-14(2)27(26-13)20-4-3-18(24)21(25-20)22(29)30-12-19(28)23-9-15-6-16(10-23)8-17(7-15)11-23/h3-5,15-17H,6-12H2,1-2H3. The Labute approximate surface area is 181 Å². The Bertz CT molecular complexity index is 993. The summed E-state index contributed by atoms with van der Waals surface area (Å²) in [6.07, 6.45) is 6.69. The fourth-order valence-electron chi connectivity index (χ4n) is 6.36. The first-order valence-electron chi connectivity index (χ1n) is 10.7. The Hall–Kier alpha value is -2.21. The van der Waals surface area contributed by atoms with Crippen molar-refractivity contribution in [3.8, 4) is 5.82 Å². The summed E-state index contributed by atoms with van der Waals surface area (Å²) in [4.78, 5) is 30.2. The normalized spacial score (nSPS) is 29.2. The number of aryl methyl sites for hydroxylation is 2. The molecule has 4 bridgehead atoms. The van der Waals surface area contributed by atoms with E-state index in [4.69, 9.17) is 16.3 Å². The van der Waals surface area contributed by atoms with Crippen molar-refractivity contribution in [3.63, 3.8) is 0 Å². The Kier molecular flexibility index (Phi) is 4.73. The van der Waals surface area contributed by atoms with E-state index in [0.29, 0.717) is 23.6 Å². The summed E-state index contributed by atoms with van der Waals surface area (Å²) in [5.41, 5.74) is 1.49. The number of carbonyl (C=O) groups is 2. The van der Waals surface area contributed by atoms with Crippen LogP contribution in [0.3, 0.4) is 0 Å². The molecule has 6 rings (SSSR count). The molecule has 6 nitrogen and oxygen atoms in total. The van der Waals surface area contributed by atoms with Gasteiger partial charge in [-0.1, -0.05) is 11.6 Å². The lowest BCUT2D eigenvalue weighted by molar-refractivity contribution is -0.147. The monoisotopic (exact) mass is 427 g/mol. The van der Waals surface area contributed by atoms with Crippen molar-refractivity contribution in [1.29, 1.82) is 0 Å². The molecule has 4 aliphatic carbocycles. The van der Waals surface area contributed by atoms with Crippen LogP contribution in [0.2, 0.25) is 5.02 Å². The van der Waals surface area contributed by atoms with E-state index < -0.39 is 5.97 Å². The molecule has 7 heteroatoms. The van der Waals surface area contributed by atoms with Crippen molar-refractivity contribution in [1.82, 2.24) is 14.8 Å². The number of aromatic nitrogens is 3. The molecule has 30 heavy (non-hydrogen) atoms. The average Bonchev–Trinajstić information content (AvgIpc) is 3.03. The molecule has 4 saturated carbocycles. The van der Waals surface area contributed by atoms with Gasteiger partial charge in [-0.2, -0.15) is 5.10 Å². The number of carbonyl (C=O) groups excluding carboxylic acids is 2. The lowest BCUT2D eigenvalue weighted by atomic mass is 9.48. The van der Waals surface area contributed by atoms with Crippen LogP contribution in [0, 0.1) is 37.0 Å². The zero-order valence-electron chi connectivity index (χ0n) is 17.4. The van der Waals surface area contributed by atoms with E-state index in [-0.39, 0.29) is 28.5 Å². The highest BCUT2D eigenvalue weighted by Gasteiger charge is 2.54. The molecular formula is C23H26ClN3O3. The van der Waals surface area contributed by atoms with Crippen LogP contribution in [-0.2, 0) is 9.53 Å². The summed E-state index contributed by atoms with van der Waals surface area (Å²) in [6.45, 7) is 3.61. The molecule has 4 aliphatic rings. The molecule has 0 amide bonds. The lowest BCUT2D eigenvalue weighted by Crippen LogP contribution is -2.51. The molecule has 0 unspecified atom stereocenters. The van der Waals surface area contributed by atoms with Gasteiger partial charge >= 0.3 is 5.97 Å². The maximum Gasteiger partial charge on any atom is 0.359 e. The summed E-state index contributed by atoms with van der Waals surface area (Å²) in [6, 6.07) is 5.25. The third kappa shape index (κ3) is 3.35. The minimum atomic E-state index is -0.665. The molecule has 4 fully saturated rings. The van der Waals surface area contributed by atoms with E-state index in [2.05, 4.69) is 10.1 Å². The number of nitrogens with zero attached hydrogens (tertiary/aromatic N) is 3. The predicted molar refractivity (Wildman–Crippen MR) is 112 cm³/mol. The second kappa shape index (κ2) is 7.19. The summed E-state index contributed by atoms with van der Waals surface area (Å²) >= 11 is 6.22. The van der Waals surface area contributed by atoms with Crippen LogP contribution >= 0.6 is 11.6 Å². The maximum atomic E-state index is 13.1. The van der Waals surface area contributed by atoms with Gasteiger partial charge in [0.05, 0.1) is 10.7 Å². The molecule has 0 N–H and O–H groups in total. The van der Waals surface area contributed by atoms with Crippen molar-refractivity contribution >= 4 is 23.4 Å². The third-order valence-electron chi connectivity index (χ3n) is 7.22. The van der Waals surface area contributed by atoms with E-state index in [0.717, 1.165) is 30.7 Å². The molecule has 158 valence electrons.